The first-order valence-corrected chi connectivity index (χ1v) is 13.0. The Kier molecular flexibility index (Phi) is 5.49. The number of rotatable bonds is 3. The minimum absolute atomic E-state index is 0.00317. The van der Waals surface area contributed by atoms with Crippen molar-refractivity contribution >= 4 is 24.6 Å². The third-order valence-electron chi connectivity index (χ3n) is 6.26. The summed E-state index contributed by atoms with van der Waals surface area (Å²) in [6, 6.07) is 31.1. The van der Waals surface area contributed by atoms with Gasteiger partial charge < -0.3 is 13.7 Å². The van der Waals surface area contributed by atoms with Crippen LogP contribution in [0.5, 0.6) is 0 Å². The summed E-state index contributed by atoms with van der Waals surface area (Å²) in [6.07, 6.45) is -0.396. The maximum Gasteiger partial charge on any atom is 0.407 e. The van der Waals surface area contributed by atoms with Gasteiger partial charge in [0.1, 0.15) is 0 Å². The molecule has 0 N–H and O–H groups in total. The molecule has 3 aromatic carbocycles. The largest absolute Gasteiger partial charge is 0.407 e. The van der Waals surface area contributed by atoms with Crippen molar-refractivity contribution in [3.05, 3.63) is 96.6 Å². The minimum atomic E-state index is -2.99. The fraction of sp³-hybridized carbons (Fsp3) is 0.296. The second-order valence-electron chi connectivity index (χ2n) is 9.58. The zero-order valence-electron chi connectivity index (χ0n) is 18.8. The number of benzene rings is 3. The first-order valence-electron chi connectivity index (χ1n) is 11.2. The second kappa shape index (κ2) is 8.32. The van der Waals surface area contributed by atoms with Crippen LogP contribution in [0.4, 0.5) is 0 Å². The summed E-state index contributed by atoms with van der Waals surface area (Å²) in [5.74, 6) is 0.00317. The van der Waals surface area contributed by atoms with Crippen molar-refractivity contribution < 1.29 is 13.7 Å². The van der Waals surface area contributed by atoms with Crippen molar-refractivity contribution in [2.45, 2.75) is 33.0 Å². The zero-order chi connectivity index (χ0) is 22.2. The predicted molar refractivity (Wildman–Crippen MR) is 129 cm³/mol. The summed E-state index contributed by atoms with van der Waals surface area (Å²) >= 11 is 0. The van der Waals surface area contributed by atoms with E-state index in [1.54, 1.807) is 0 Å². The van der Waals surface area contributed by atoms with Gasteiger partial charge in [-0.15, -0.1) is 0 Å². The highest BCUT2D eigenvalue weighted by Crippen LogP contribution is 2.41. The predicted octanol–water partition coefficient (Wildman–Crippen LogP) is 4.45. The van der Waals surface area contributed by atoms with Crippen LogP contribution in [0, 0.1) is 11.3 Å². The van der Waals surface area contributed by atoms with Crippen molar-refractivity contribution in [2.75, 3.05) is 6.61 Å². The molecule has 1 saturated heterocycles. The number of fused-ring (bicyclic) bond motifs is 1. The maximum absolute atomic E-state index is 7.14. The van der Waals surface area contributed by atoms with Gasteiger partial charge in [-0.25, -0.2) is 0 Å². The molecule has 5 rings (SSSR count). The normalized spacial score (nSPS) is 24.7. The molecule has 0 aliphatic carbocycles. The molecule has 3 atom stereocenters. The highest BCUT2D eigenvalue weighted by atomic mass is 28.4. The standard InChI is InChI=1S/C27H29NO3Si/c1-27(2,3)26-24-23(25(30-28-24)20-13-7-4-8-14-20)19-29-32(31-26,21-15-9-5-10-16-21)22-17-11-6-12-18-22/h4-18,23,25-26H,19H2,1-3H3/t23-,25+,26+/m0/s1. The van der Waals surface area contributed by atoms with Crippen LogP contribution in [0.3, 0.4) is 0 Å². The quantitative estimate of drug-likeness (QED) is 0.562. The summed E-state index contributed by atoms with van der Waals surface area (Å²) in [4.78, 5) is 5.99. The minimum Gasteiger partial charge on any atom is -0.387 e. The molecule has 4 nitrogen and oxygen atoms in total. The third kappa shape index (κ3) is 3.70. The van der Waals surface area contributed by atoms with Crippen molar-refractivity contribution in [3.8, 4) is 0 Å². The SMILES string of the molecule is CC(C)(C)[C@@H]1O[Si](c2ccccc2)(c2ccccc2)OC[C@H]2C1=NO[C@@H]2c1ccccc1. The average molecular weight is 444 g/mol. The molecule has 0 unspecified atom stereocenters. The van der Waals surface area contributed by atoms with Crippen LogP contribution in [0.2, 0.25) is 0 Å². The van der Waals surface area contributed by atoms with Crippen LogP contribution in [-0.2, 0) is 13.7 Å². The van der Waals surface area contributed by atoms with Gasteiger partial charge in [-0.3, -0.25) is 0 Å². The lowest BCUT2D eigenvalue weighted by Gasteiger charge is -2.37. The summed E-state index contributed by atoms with van der Waals surface area (Å²) in [7, 11) is -2.99. The van der Waals surface area contributed by atoms with Gasteiger partial charge in [0.15, 0.2) is 6.10 Å². The van der Waals surface area contributed by atoms with Gasteiger partial charge in [0.2, 0.25) is 0 Å². The van der Waals surface area contributed by atoms with E-state index >= 15 is 0 Å². The topological polar surface area (TPSA) is 40.0 Å². The summed E-state index contributed by atoms with van der Waals surface area (Å²) in [5.41, 5.74) is 1.88. The monoisotopic (exact) mass is 443 g/mol. The van der Waals surface area contributed by atoms with Crippen LogP contribution in [0.1, 0.15) is 32.4 Å². The Labute approximate surface area is 191 Å². The van der Waals surface area contributed by atoms with Crippen molar-refractivity contribution in [2.24, 2.45) is 16.5 Å². The number of hydrogen-bond acceptors (Lipinski definition) is 4. The van der Waals surface area contributed by atoms with Crippen LogP contribution in [0.25, 0.3) is 0 Å². The maximum atomic E-state index is 7.14. The summed E-state index contributed by atoms with van der Waals surface area (Å²) in [6.45, 7) is 7.11. The number of hydrogen-bond donors (Lipinski definition) is 0. The van der Waals surface area contributed by atoms with Crippen LogP contribution >= 0.6 is 0 Å². The van der Waals surface area contributed by atoms with Crippen LogP contribution in [-0.4, -0.2) is 27.0 Å². The van der Waals surface area contributed by atoms with Crippen LogP contribution in [0.15, 0.2) is 96.2 Å². The van der Waals surface area contributed by atoms with Crippen LogP contribution < -0.4 is 10.4 Å². The molecule has 5 heteroatoms. The highest BCUT2D eigenvalue weighted by molar-refractivity contribution is 6.92. The van der Waals surface area contributed by atoms with Gasteiger partial charge in [0, 0.05) is 6.61 Å². The van der Waals surface area contributed by atoms with Gasteiger partial charge in [-0.1, -0.05) is 117 Å². The first-order chi connectivity index (χ1) is 15.5. The van der Waals surface area contributed by atoms with Gasteiger partial charge >= 0.3 is 8.56 Å². The lowest BCUT2D eigenvalue weighted by atomic mass is 9.80. The molecule has 32 heavy (non-hydrogen) atoms. The van der Waals surface area contributed by atoms with E-state index in [0.29, 0.717) is 6.61 Å². The zero-order valence-corrected chi connectivity index (χ0v) is 19.8. The molecule has 2 aliphatic heterocycles. The fourth-order valence-electron chi connectivity index (χ4n) is 4.64. The molecule has 0 aromatic heterocycles. The molecule has 0 spiro atoms. The van der Waals surface area contributed by atoms with E-state index in [1.807, 2.05) is 30.3 Å². The van der Waals surface area contributed by atoms with E-state index in [9.17, 15) is 0 Å². The molecule has 0 radical (unpaired) electrons. The number of nitrogens with zero attached hydrogens (tertiary/aromatic N) is 1. The van der Waals surface area contributed by atoms with Gasteiger partial charge in [0.05, 0.1) is 17.7 Å². The molecule has 0 saturated carbocycles. The number of oxime groups is 1. The Bertz CT molecular complexity index is 1040. The molecule has 2 aliphatic rings. The first kappa shape index (κ1) is 21.1. The van der Waals surface area contributed by atoms with Gasteiger partial charge in [-0.2, -0.15) is 0 Å². The molecule has 164 valence electrons. The van der Waals surface area contributed by atoms with E-state index in [-0.39, 0.29) is 23.5 Å². The Balaban J connectivity index is 1.64. The van der Waals surface area contributed by atoms with E-state index in [4.69, 9.17) is 13.7 Å². The molecule has 1 fully saturated rings. The van der Waals surface area contributed by atoms with E-state index in [0.717, 1.165) is 21.6 Å². The lowest BCUT2D eigenvalue weighted by molar-refractivity contribution is 0.0420. The smallest absolute Gasteiger partial charge is 0.387 e. The van der Waals surface area contributed by atoms with E-state index < -0.39 is 8.56 Å². The fourth-order valence-corrected chi connectivity index (χ4v) is 8.13. The Hall–Kier alpha value is -2.73. The third-order valence-corrected chi connectivity index (χ3v) is 9.59. The Morgan fingerprint density at radius 1 is 0.781 bits per heavy atom. The molecular formula is C27H29NO3Si. The van der Waals surface area contributed by atoms with Crippen molar-refractivity contribution in [1.82, 2.24) is 0 Å². The Morgan fingerprint density at radius 2 is 1.31 bits per heavy atom. The van der Waals surface area contributed by atoms with Gasteiger partial charge in [0.25, 0.3) is 0 Å². The molecule has 0 bridgehead atoms. The van der Waals surface area contributed by atoms with Crippen molar-refractivity contribution in [3.63, 3.8) is 0 Å². The molecular weight excluding hydrogens is 414 g/mol. The highest BCUT2D eigenvalue weighted by Gasteiger charge is 2.55. The Morgan fingerprint density at radius 3 is 1.84 bits per heavy atom. The average Bonchev–Trinajstić information content (AvgIpc) is 3.15. The molecule has 3 aromatic rings. The second-order valence-corrected chi connectivity index (χ2v) is 12.5. The lowest BCUT2D eigenvalue weighted by Crippen LogP contribution is -2.65. The van der Waals surface area contributed by atoms with E-state index in [2.05, 4.69) is 86.6 Å². The summed E-state index contributed by atoms with van der Waals surface area (Å²) < 4.78 is 14.0. The van der Waals surface area contributed by atoms with E-state index in [1.165, 1.54) is 0 Å². The molecule has 0 amide bonds. The summed E-state index contributed by atoms with van der Waals surface area (Å²) in [5, 5.41) is 6.83. The molecule has 2 heterocycles. The van der Waals surface area contributed by atoms with Gasteiger partial charge in [-0.05, 0) is 21.4 Å². The van der Waals surface area contributed by atoms with Crippen molar-refractivity contribution in [1.29, 1.82) is 0 Å².